The fourth-order valence-corrected chi connectivity index (χ4v) is 4.24. The van der Waals surface area contributed by atoms with E-state index < -0.39 is 0 Å². The lowest BCUT2D eigenvalue weighted by atomic mass is 10.0. The van der Waals surface area contributed by atoms with Gasteiger partial charge >= 0.3 is 6.03 Å². The molecule has 1 fully saturated rings. The first-order valence-corrected chi connectivity index (χ1v) is 10.8. The zero-order valence-corrected chi connectivity index (χ0v) is 19.2. The zero-order chi connectivity index (χ0) is 20.9. The highest BCUT2D eigenvalue weighted by atomic mass is 35.5. The third-order valence-corrected chi connectivity index (χ3v) is 6.10. The number of pyridine rings is 1. The van der Waals surface area contributed by atoms with Crippen LogP contribution in [0, 0.1) is 6.92 Å². The molecule has 0 aliphatic carbocycles. The largest absolute Gasteiger partial charge is 0.335 e. The minimum Gasteiger partial charge on any atom is -0.335 e. The van der Waals surface area contributed by atoms with Crippen LogP contribution in [0.2, 0.25) is 5.02 Å². The van der Waals surface area contributed by atoms with E-state index in [9.17, 15) is 4.79 Å². The Hall–Kier alpha value is -2.34. The van der Waals surface area contributed by atoms with E-state index in [0.717, 1.165) is 66.1 Å². The standard InChI is InChI=1S/C24H27ClN4O.ClH/c1-17-15-21-19(16-26-17)6-4-8-23(21)28-24(30)27-20-10-13-29(14-11-20)12-9-18-5-2-3-7-22(18)25;/h2-8,15-16,20H,9-14H2,1H3,(H2,27,28,30);1H. The van der Waals surface area contributed by atoms with E-state index in [-0.39, 0.29) is 24.5 Å². The molecule has 0 saturated carbocycles. The van der Waals surface area contributed by atoms with E-state index in [0.29, 0.717) is 0 Å². The van der Waals surface area contributed by atoms with Crippen LogP contribution in [-0.2, 0) is 6.42 Å². The molecule has 0 bridgehead atoms. The van der Waals surface area contributed by atoms with Crippen molar-refractivity contribution in [3.63, 3.8) is 0 Å². The molecular weight excluding hydrogens is 431 g/mol. The Balaban J connectivity index is 0.00000272. The van der Waals surface area contributed by atoms with Crippen molar-refractivity contribution in [2.75, 3.05) is 25.0 Å². The summed E-state index contributed by atoms with van der Waals surface area (Å²) in [6.07, 6.45) is 4.70. The van der Waals surface area contributed by atoms with Gasteiger partial charge in [-0.15, -0.1) is 12.4 Å². The Morgan fingerprint density at radius 1 is 1.16 bits per heavy atom. The summed E-state index contributed by atoms with van der Waals surface area (Å²) < 4.78 is 0. The average Bonchev–Trinajstić information content (AvgIpc) is 2.75. The SMILES string of the molecule is Cc1cc2c(NC(=O)NC3CCN(CCc4ccccc4Cl)CC3)cccc2cn1.Cl. The number of benzene rings is 2. The van der Waals surface area contributed by atoms with E-state index in [4.69, 9.17) is 11.6 Å². The Morgan fingerprint density at radius 2 is 1.94 bits per heavy atom. The normalized spacial score (nSPS) is 14.8. The topological polar surface area (TPSA) is 57.3 Å². The van der Waals surface area contributed by atoms with Crippen molar-refractivity contribution in [2.45, 2.75) is 32.2 Å². The van der Waals surface area contributed by atoms with E-state index in [2.05, 4.69) is 26.6 Å². The molecule has 3 aromatic rings. The molecule has 0 radical (unpaired) electrons. The fourth-order valence-electron chi connectivity index (χ4n) is 4.01. The van der Waals surface area contributed by atoms with Crippen LogP contribution in [0.5, 0.6) is 0 Å². The molecular formula is C24H28Cl2N4O. The number of urea groups is 1. The highest BCUT2D eigenvalue weighted by molar-refractivity contribution is 6.31. The van der Waals surface area contributed by atoms with Crippen molar-refractivity contribution in [1.29, 1.82) is 0 Å². The molecule has 31 heavy (non-hydrogen) atoms. The fraction of sp³-hybridized carbons (Fsp3) is 0.333. The molecule has 1 aliphatic rings. The molecule has 0 unspecified atom stereocenters. The molecule has 2 heterocycles. The molecule has 1 aliphatic heterocycles. The number of halogens is 2. The summed E-state index contributed by atoms with van der Waals surface area (Å²) >= 11 is 6.26. The third kappa shape index (κ3) is 6.10. The Bertz CT molecular complexity index is 1040. The summed E-state index contributed by atoms with van der Waals surface area (Å²) in [5.41, 5.74) is 2.94. The molecule has 0 spiro atoms. The maximum absolute atomic E-state index is 12.6. The highest BCUT2D eigenvalue weighted by Gasteiger charge is 2.21. The van der Waals surface area contributed by atoms with Crippen LogP contribution >= 0.6 is 24.0 Å². The van der Waals surface area contributed by atoms with Crippen LogP contribution in [0.4, 0.5) is 10.5 Å². The molecule has 2 N–H and O–H groups in total. The second-order valence-corrected chi connectivity index (χ2v) is 8.32. The van der Waals surface area contributed by atoms with Gasteiger partial charge in [0.05, 0.1) is 5.69 Å². The monoisotopic (exact) mass is 458 g/mol. The summed E-state index contributed by atoms with van der Waals surface area (Å²) in [6.45, 7) is 4.91. The number of anilines is 1. The van der Waals surface area contributed by atoms with Crippen molar-refractivity contribution in [1.82, 2.24) is 15.2 Å². The van der Waals surface area contributed by atoms with Crippen LogP contribution < -0.4 is 10.6 Å². The van der Waals surface area contributed by atoms with Crippen molar-refractivity contribution in [2.24, 2.45) is 0 Å². The first-order valence-electron chi connectivity index (χ1n) is 10.5. The van der Waals surface area contributed by atoms with Crippen molar-refractivity contribution >= 4 is 46.5 Å². The van der Waals surface area contributed by atoms with Gasteiger partial charge in [0.25, 0.3) is 0 Å². The molecule has 1 aromatic heterocycles. The minimum absolute atomic E-state index is 0. The number of hydrogen-bond donors (Lipinski definition) is 2. The summed E-state index contributed by atoms with van der Waals surface area (Å²) in [7, 11) is 0. The predicted molar refractivity (Wildman–Crippen MR) is 131 cm³/mol. The van der Waals surface area contributed by atoms with Gasteiger partial charge in [-0.25, -0.2) is 4.79 Å². The second-order valence-electron chi connectivity index (χ2n) is 7.91. The van der Waals surface area contributed by atoms with Gasteiger partial charge in [0.2, 0.25) is 0 Å². The maximum atomic E-state index is 12.6. The van der Waals surface area contributed by atoms with Crippen LogP contribution in [0.3, 0.4) is 0 Å². The molecule has 0 atom stereocenters. The number of carbonyl (C=O) groups is 1. The first kappa shape index (κ1) is 23.3. The average molecular weight is 459 g/mol. The molecule has 2 aromatic carbocycles. The molecule has 4 rings (SSSR count). The Morgan fingerprint density at radius 3 is 2.71 bits per heavy atom. The number of hydrogen-bond acceptors (Lipinski definition) is 3. The van der Waals surface area contributed by atoms with E-state index in [1.165, 1.54) is 5.56 Å². The lowest BCUT2D eigenvalue weighted by molar-refractivity contribution is 0.197. The number of carbonyl (C=O) groups excluding carboxylic acids is 1. The smallest absolute Gasteiger partial charge is 0.319 e. The van der Waals surface area contributed by atoms with Gasteiger partial charge in [0, 0.05) is 53.4 Å². The number of piperidine rings is 1. The lowest BCUT2D eigenvalue weighted by Gasteiger charge is -2.32. The number of rotatable bonds is 5. The number of nitrogens with one attached hydrogen (secondary N) is 2. The van der Waals surface area contributed by atoms with Gasteiger partial charge in [-0.05, 0) is 49.9 Å². The van der Waals surface area contributed by atoms with Crippen LogP contribution in [0.25, 0.3) is 10.8 Å². The minimum atomic E-state index is -0.147. The molecule has 1 saturated heterocycles. The van der Waals surface area contributed by atoms with Crippen molar-refractivity contribution in [3.05, 3.63) is 71.0 Å². The van der Waals surface area contributed by atoms with Crippen LogP contribution in [0.1, 0.15) is 24.1 Å². The maximum Gasteiger partial charge on any atom is 0.319 e. The summed E-state index contributed by atoms with van der Waals surface area (Å²) in [6, 6.07) is 15.9. The third-order valence-electron chi connectivity index (χ3n) is 5.73. The van der Waals surface area contributed by atoms with Gasteiger partial charge < -0.3 is 15.5 Å². The van der Waals surface area contributed by atoms with Gasteiger partial charge in [0.15, 0.2) is 0 Å². The van der Waals surface area contributed by atoms with Gasteiger partial charge in [-0.3, -0.25) is 4.98 Å². The number of aromatic nitrogens is 1. The van der Waals surface area contributed by atoms with E-state index >= 15 is 0 Å². The molecule has 164 valence electrons. The Kier molecular flexibility index (Phi) is 8.13. The second kappa shape index (κ2) is 10.8. The number of likely N-dealkylation sites (tertiary alicyclic amines) is 1. The number of aryl methyl sites for hydroxylation is 1. The zero-order valence-electron chi connectivity index (χ0n) is 17.6. The summed E-state index contributed by atoms with van der Waals surface area (Å²) in [5, 5.41) is 9.02. The van der Waals surface area contributed by atoms with Crippen LogP contribution in [-0.4, -0.2) is 41.6 Å². The first-order chi connectivity index (χ1) is 14.6. The van der Waals surface area contributed by atoms with Gasteiger partial charge in [-0.2, -0.15) is 0 Å². The number of fused-ring (bicyclic) bond motifs is 1. The molecule has 7 heteroatoms. The van der Waals surface area contributed by atoms with Gasteiger partial charge in [0.1, 0.15) is 0 Å². The van der Waals surface area contributed by atoms with E-state index in [1.807, 2.05) is 55.6 Å². The molecule has 2 amide bonds. The highest BCUT2D eigenvalue weighted by Crippen LogP contribution is 2.23. The van der Waals surface area contributed by atoms with Gasteiger partial charge in [-0.1, -0.05) is 41.9 Å². The number of amides is 2. The lowest BCUT2D eigenvalue weighted by Crippen LogP contribution is -2.46. The predicted octanol–water partition coefficient (Wildman–Crippen LogP) is 5.45. The van der Waals surface area contributed by atoms with E-state index in [1.54, 1.807) is 0 Å². The quantitative estimate of drug-likeness (QED) is 0.534. The number of nitrogens with zero attached hydrogens (tertiary/aromatic N) is 2. The summed E-state index contributed by atoms with van der Waals surface area (Å²) in [4.78, 5) is 19.3. The summed E-state index contributed by atoms with van der Waals surface area (Å²) in [5.74, 6) is 0. The van der Waals surface area contributed by atoms with Crippen molar-refractivity contribution < 1.29 is 4.79 Å². The van der Waals surface area contributed by atoms with Crippen molar-refractivity contribution in [3.8, 4) is 0 Å². The Labute approximate surface area is 194 Å². The van der Waals surface area contributed by atoms with Crippen LogP contribution in [0.15, 0.2) is 54.7 Å². The molecule has 5 nitrogen and oxygen atoms in total.